The first-order valence-electron chi connectivity index (χ1n) is 5.92. The number of carbonyl (C=O) groups is 2. The number of hydrogen-bond donors (Lipinski definition) is 2. The van der Waals surface area contributed by atoms with Crippen LogP contribution < -0.4 is 5.32 Å². The second-order valence-corrected chi connectivity index (χ2v) is 4.88. The highest BCUT2D eigenvalue weighted by molar-refractivity contribution is 5.82. The Balaban J connectivity index is 4.42. The van der Waals surface area contributed by atoms with Gasteiger partial charge < -0.3 is 15.3 Å². The summed E-state index contributed by atoms with van der Waals surface area (Å²) in [6.07, 6.45) is 0.378. The van der Waals surface area contributed by atoms with Crippen LogP contribution in [0.15, 0.2) is 0 Å². The second-order valence-electron chi connectivity index (χ2n) is 4.88. The molecule has 0 radical (unpaired) electrons. The lowest BCUT2D eigenvalue weighted by molar-refractivity contribution is -0.139. The number of urea groups is 1. The summed E-state index contributed by atoms with van der Waals surface area (Å²) in [6, 6.07) is 0.662. The van der Waals surface area contributed by atoms with Crippen molar-refractivity contribution in [2.75, 3.05) is 13.6 Å². The quantitative estimate of drug-likeness (QED) is 0.747. The van der Waals surface area contributed by atoms with E-state index in [1.54, 1.807) is 6.92 Å². The minimum atomic E-state index is -1.04. The van der Waals surface area contributed by atoms with Crippen molar-refractivity contribution >= 4 is 12.0 Å². The minimum Gasteiger partial charge on any atom is -0.480 e. The molecule has 6 heteroatoms. The number of rotatable bonds is 6. The van der Waals surface area contributed by atoms with E-state index in [0.717, 1.165) is 0 Å². The number of nitrogens with one attached hydrogen (secondary N) is 1. The molecule has 2 amide bonds. The number of nitriles is 1. The molecule has 1 unspecified atom stereocenters. The SMILES string of the molecule is CC(C)C[C@H](NC(=O)N(C)CC(C)C#N)C(=O)O. The average molecular weight is 255 g/mol. The van der Waals surface area contributed by atoms with Crippen LogP contribution in [0.25, 0.3) is 0 Å². The number of hydrogen-bond acceptors (Lipinski definition) is 3. The summed E-state index contributed by atoms with van der Waals surface area (Å²) in [6.45, 7) is 5.76. The number of carboxylic acids is 1. The smallest absolute Gasteiger partial charge is 0.326 e. The molecule has 0 bridgehead atoms. The third-order valence-electron chi connectivity index (χ3n) is 2.42. The zero-order chi connectivity index (χ0) is 14.3. The van der Waals surface area contributed by atoms with E-state index >= 15 is 0 Å². The maximum absolute atomic E-state index is 11.7. The molecule has 18 heavy (non-hydrogen) atoms. The highest BCUT2D eigenvalue weighted by atomic mass is 16.4. The summed E-state index contributed by atoms with van der Waals surface area (Å²) in [7, 11) is 1.54. The van der Waals surface area contributed by atoms with Gasteiger partial charge in [-0.1, -0.05) is 13.8 Å². The lowest BCUT2D eigenvalue weighted by Gasteiger charge is -2.22. The lowest BCUT2D eigenvalue weighted by Crippen LogP contribution is -2.48. The van der Waals surface area contributed by atoms with E-state index in [1.165, 1.54) is 11.9 Å². The van der Waals surface area contributed by atoms with Crippen molar-refractivity contribution in [1.82, 2.24) is 10.2 Å². The van der Waals surface area contributed by atoms with Crippen molar-refractivity contribution in [1.29, 1.82) is 5.26 Å². The molecule has 0 fully saturated rings. The van der Waals surface area contributed by atoms with Crippen molar-refractivity contribution in [3.8, 4) is 6.07 Å². The van der Waals surface area contributed by atoms with E-state index < -0.39 is 18.0 Å². The van der Waals surface area contributed by atoms with Crippen molar-refractivity contribution in [3.63, 3.8) is 0 Å². The summed E-state index contributed by atoms with van der Waals surface area (Å²) in [5.74, 6) is -1.15. The molecular formula is C12H21N3O3. The van der Waals surface area contributed by atoms with Gasteiger partial charge in [0.1, 0.15) is 6.04 Å². The first-order chi connectivity index (χ1) is 8.27. The molecule has 0 aromatic heterocycles. The summed E-state index contributed by atoms with van der Waals surface area (Å²) in [4.78, 5) is 24.0. The molecule has 2 N–H and O–H groups in total. The summed E-state index contributed by atoms with van der Waals surface area (Å²) in [5, 5.41) is 20.1. The second kappa shape index (κ2) is 7.54. The van der Waals surface area contributed by atoms with Gasteiger partial charge in [-0.05, 0) is 19.3 Å². The Bertz CT molecular complexity index is 336. The zero-order valence-electron chi connectivity index (χ0n) is 11.3. The molecule has 0 aliphatic carbocycles. The third kappa shape index (κ3) is 6.09. The molecular weight excluding hydrogens is 234 g/mol. The number of nitrogens with zero attached hydrogens (tertiary/aromatic N) is 2. The van der Waals surface area contributed by atoms with E-state index in [9.17, 15) is 9.59 Å². The van der Waals surface area contributed by atoms with E-state index in [4.69, 9.17) is 10.4 Å². The van der Waals surface area contributed by atoms with Crippen molar-refractivity contribution in [3.05, 3.63) is 0 Å². The molecule has 6 nitrogen and oxygen atoms in total. The Morgan fingerprint density at radius 3 is 2.33 bits per heavy atom. The van der Waals surface area contributed by atoms with Gasteiger partial charge in [-0.2, -0.15) is 5.26 Å². The van der Waals surface area contributed by atoms with E-state index in [1.807, 2.05) is 19.9 Å². The maximum Gasteiger partial charge on any atom is 0.326 e. The van der Waals surface area contributed by atoms with E-state index in [0.29, 0.717) is 6.42 Å². The molecule has 0 saturated carbocycles. The van der Waals surface area contributed by atoms with Gasteiger partial charge in [0.2, 0.25) is 0 Å². The van der Waals surface area contributed by atoms with Crippen LogP contribution in [-0.4, -0.2) is 41.6 Å². The first kappa shape index (κ1) is 16.2. The van der Waals surface area contributed by atoms with Crippen LogP contribution in [-0.2, 0) is 4.79 Å². The van der Waals surface area contributed by atoms with Gasteiger partial charge in [0.15, 0.2) is 0 Å². The Morgan fingerprint density at radius 1 is 1.39 bits per heavy atom. The molecule has 0 aliphatic rings. The highest BCUT2D eigenvalue weighted by Crippen LogP contribution is 2.06. The highest BCUT2D eigenvalue weighted by Gasteiger charge is 2.23. The largest absolute Gasteiger partial charge is 0.480 e. The van der Waals surface area contributed by atoms with Crippen LogP contribution in [0.1, 0.15) is 27.2 Å². The van der Waals surface area contributed by atoms with Gasteiger partial charge in [0, 0.05) is 13.6 Å². The molecule has 0 spiro atoms. The fourth-order valence-corrected chi connectivity index (χ4v) is 1.49. The maximum atomic E-state index is 11.7. The molecule has 102 valence electrons. The average Bonchev–Trinajstić information content (AvgIpc) is 2.26. The predicted molar refractivity (Wildman–Crippen MR) is 66.8 cm³/mol. The Hall–Kier alpha value is -1.77. The number of amides is 2. The topological polar surface area (TPSA) is 93.4 Å². The summed E-state index contributed by atoms with van der Waals surface area (Å²) >= 11 is 0. The molecule has 2 atom stereocenters. The lowest BCUT2D eigenvalue weighted by atomic mass is 10.0. The number of aliphatic carboxylic acids is 1. The van der Waals surface area contributed by atoms with Gasteiger partial charge >= 0.3 is 12.0 Å². The first-order valence-corrected chi connectivity index (χ1v) is 5.92. The molecule has 0 aliphatic heterocycles. The van der Waals surface area contributed by atoms with Gasteiger partial charge in [0.05, 0.1) is 12.0 Å². The van der Waals surface area contributed by atoms with Crippen LogP contribution in [0, 0.1) is 23.2 Å². The van der Waals surface area contributed by atoms with Crippen LogP contribution in [0.3, 0.4) is 0 Å². The molecule has 0 rings (SSSR count). The molecule has 0 saturated heterocycles. The fourth-order valence-electron chi connectivity index (χ4n) is 1.49. The van der Waals surface area contributed by atoms with Gasteiger partial charge in [0.25, 0.3) is 0 Å². The molecule has 0 aromatic rings. The van der Waals surface area contributed by atoms with Crippen LogP contribution in [0.2, 0.25) is 0 Å². The molecule has 0 heterocycles. The van der Waals surface area contributed by atoms with Crippen LogP contribution >= 0.6 is 0 Å². The van der Waals surface area contributed by atoms with E-state index in [-0.39, 0.29) is 18.4 Å². The van der Waals surface area contributed by atoms with E-state index in [2.05, 4.69) is 5.32 Å². The van der Waals surface area contributed by atoms with Crippen LogP contribution in [0.4, 0.5) is 4.79 Å². The summed E-state index contributed by atoms with van der Waals surface area (Å²) in [5.41, 5.74) is 0. The predicted octanol–water partition coefficient (Wildman–Crippen LogP) is 1.29. The Morgan fingerprint density at radius 2 is 1.94 bits per heavy atom. The number of carboxylic acid groups (broad SMARTS) is 1. The number of carbonyl (C=O) groups excluding carboxylic acids is 1. The van der Waals surface area contributed by atoms with Gasteiger partial charge in [-0.3, -0.25) is 0 Å². The van der Waals surface area contributed by atoms with Crippen molar-refractivity contribution in [2.24, 2.45) is 11.8 Å². The Labute approximate surface area is 108 Å². The minimum absolute atomic E-state index is 0.176. The Kier molecular flexibility index (Phi) is 6.79. The normalized spacial score (nSPS) is 13.6. The molecule has 0 aromatic carbocycles. The van der Waals surface area contributed by atoms with Crippen molar-refractivity contribution in [2.45, 2.75) is 33.2 Å². The van der Waals surface area contributed by atoms with Gasteiger partial charge in [-0.15, -0.1) is 0 Å². The standard InChI is InChI=1S/C12H21N3O3/c1-8(2)5-10(11(16)17)14-12(18)15(4)7-9(3)6-13/h8-10H,5,7H2,1-4H3,(H,14,18)(H,16,17)/t9?,10-/m0/s1. The third-order valence-corrected chi connectivity index (χ3v) is 2.42. The van der Waals surface area contributed by atoms with Crippen molar-refractivity contribution < 1.29 is 14.7 Å². The fraction of sp³-hybridized carbons (Fsp3) is 0.750. The van der Waals surface area contributed by atoms with Gasteiger partial charge in [-0.25, -0.2) is 9.59 Å². The zero-order valence-corrected chi connectivity index (χ0v) is 11.3. The monoisotopic (exact) mass is 255 g/mol. The van der Waals surface area contributed by atoms with Crippen LogP contribution in [0.5, 0.6) is 0 Å². The summed E-state index contributed by atoms with van der Waals surface area (Å²) < 4.78 is 0.